The van der Waals surface area contributed by atoms with Crippen LogP contribution >= 0.6 is 23.6 Å². The van der Waals surface area contributed by atoms with Gasteiger partial charge in [0.05, 0.1) is 16.9 Å². The van der Waals surface area contributed by atoms with Gasteiger partial charge in [-0.25, -0.2) is 0 Å². The van der Waals surface area contributed by atoms with Gasteiger partial charge in [0, 0.05) is 17.5 Å². The van der Waals surface area contributed by atoms with Gasteiger partial charge in [-0.2, -0.15) is 0 Å². The quantitative estimate of drug-likeness (QED) is 0.714. The molecule has 2 aromatic heterocycles. The van der Waals surface area contributed by atoms with Crippen LogP contribution in [0.15, 0.2) is 40.5 Å². The zero-order chi connectivity index (χ0) is 16.6. The molecular formula is C16H15N3O2S2. The number of benzene rings is 1. The minimum Gasteiger partial charge on any atom is -0.334 e. The minimum absolute atomic E-state index is 0.0177. The van der Waals surface area contributed by atoms with Gasteiger partial charge in [-0.3, -0.25) is 14.6 Å². The maximum absolute atomic E-state index is 12.7. The van der Waals surface area contributed by atoms with E-state index in [1.54, 1.807) is 41.5 Å². The lowest BCUT2D eigenvalue weighted by Crippen LogP contribution is -2.29. The molecule has 0 saturated heterocycles. The first-order valence-electron chi connectivity index (χ1n) is 7.04. The fourth-order valence-electron chi connectivity index (χ4n) is 2.40. The molecule has 0 spiro atoms. The van der Waals surface area contributed by atoms with Gasteiger partial charge in [-0.15, -0.1) is 11.3 Å². The summed E-state index contributed by atoms with van der Waals surface area (Å²) in [7, 11) is 1.77. The SMILES string of the molecule is CC(c1cccs1)N(C)C(=O)c1ccc2c(=O)[nH]c(=S)[nH]c2c1. The van der Waals surface area contributed by atoms with E-state index in [0.717, 1.165) is 4.88 Å². The second-order valence-electron chi connectivity index (χ2n) is 5.28. The number of nitrogens with one attached hydrogen (secondary N) is 2. The predicted octanol–water partition coefficient (Wildman–Crippen LogP) is 3.48. The largest absolute Gasteiger partial charge is 0.334 e. The predicted molar refractivity (Wildman–Crippen MR) is 94.6 cm³/mol. The molecule has 1 amide bonds. The first kappa shape index (κ1) is 15.6. The summed E-state index contributed by atoms with van der Waals surface area (Å²) in [5.41, 5.74) is 0.810. The summed E-state index contributed by atoms with van der Waals surface area (Å²) in [5.74, 6) is -0.104. The van der Waals surface area contributed by atoms with Crippen molar-refractivity contribution in [1.29, 1.82) is 0 Å². The Balaban J connectivity index is 1.97. The number of H-pyrrole nitrogens is 2. The molecule has 7 heteroatoms. The third kappa shape index (κ3) is 2.97. The van der Waals surface area contributed by atoms with E-state index in [9.17, 15) is 9.59 Å². The first-order chi connectivity index (χ1) is 11.0. The van der Waals surface area contributed by atoms with Crippen molar-refractivity contribution in [3.05, 3.63) is 61.3 Å². The number of aromatic amines is 2. The maximum Gasteiger partial charge on any atom is 0.259 e. The Hall–Kier alpha value is -2.25. The Morgan fingerprint density at radius 1 is 1.30 bits per heavy atom. The lowest BCUT2D eigenvalue weighted by Gasteiger charge is -2.24. The van der Waals surface area contributed by atoms with Crippen molar-refractivity contribution in [2.75, 3.05) is 7.05 Å². The zero-order valence-electron chi connectivity index (χ0n) is 12.6. The third-order valence-corrected chi connectivity index (χ3v) is 5.09. The monoisotopic (exact) mass is 345 g/mol. The lowest BCUT2D eigenvalue weighted by atomic mass is 10.1. The Morgan fingerprint density at radius 3 is 2.78 bits per heavy atom. The van der Waals surface area contributed by atoms with Crippen LogP contribution < -0.4 is 5.56 Å². The average Bonchev–Trinajstić information content (AvgIpc) is 3.06. The molecule has 0 radical (unpaired) electrons. The van der Waals surface area contributed by atoms with Crippen molar-refractivity contribution in [2.45, 2.75) is 13.0 Å². The molecule has 2 N–H and O–H groups in total. The average molecular weight is 345 g/mol. The molecule has 0 fully saturated rings. The molecule has 0 saturated carbocycles. The number of nitrogens with zero attached hydrogens (tertiary/aromatic N) is 1. The van der Waals surface area contributed by atoms with Crippen LogP contribution in [0.5, 0.6) is 0 Å². The second kappa shape index (κ2) is 6.10. The molecule has 118 valence electrons. The molecule has 3 aromatic rings. The molecular weight excluding hydrogens is 330 g/mol. The van der Waals surface area contributed by atoms with Crippen LogP contribution in [0.1, 0.15) is 28.2 Å². The molecule has 1 aromatic carbocycles. The first-order valence-corrected chi connectivity index (χ1v) is 8.33. The Kier molecular flexibility index (Phi) is 4.14. The molecule has 5 nitrogen and oxygen atoms in total. The van der Waals surface area contributed by atoms with Crippen LogP contribution in [-0.4, -0.2) is 27.8 Å². The number of rotatable bonds is 3. The molecule has 23 heavy (non-hydrogen) atoms. The number of fused-ring (bicyclic) bond motifs is 1. The van der Waals surface area contributed by atoms with Crippen LogP contribution in [0, 0.1) is 4.77 Å². The van der Waals surface area contributed by atoms with E-state index in [1.165, 1.54) is 0 Å². The zero-order valence-corrected chi connectivity index (χ0v) is 14.3. The number of aromatic nitrogens is 2. The molecule has 0 aliphatic carbocycles. The van der Waals surface area contributed by atoms with E-state index in [1.807, 2.05) is 24.4 Å². The van der Waals surface area contributed by atoms with Gasteiger partial charge < -0.3 is 9.88 Å². The highest BCUT2D eigenvalue weighted by Crippen LogP contribution is 2.25. The summed E-state index contributed by atoms with van der Waals surface area (Å²) in [6.45, 7) is 1.99. The number of amides is 1. The molecule has 1 unspecified atom stereocenters. The standard InChI is InChI=1S/C16H15N3O2S2/c1-9(13-4-3-7-23-13)19(2)15(21)10-5-6-11-12(8-10)17-16(22)18-14(11)20/h3-9H,1-2H3,(H2,17,18,20,22). The molecule has 2 heterocycles. The Labute approximate surface area is 141 Å². The number of carbonyl (C=O) groups is 1. The van der Waals surface area contributed by atoms with Crippen molar-refractivity contribution in [1.82, 2.24) is 14.9 Å². The van der Waals surface area contributed by atoms with E-state index in [4.69, 9.17) is 12.2 Å². The van der Waals surface area contributed by atoms with Gasteiger partial charge >= 0.3 is 0 Å². The highest BCUT2D eigenvalue weighted by Gasteiger charge is 2.20. The molecule has 0 aliphatic heterocycles. The van der Waals surface area contributed by atoms with Crippen LogP contribution in [0.25, 0.3) is 10.9 Å². The van der Waals surface area contributed by atoms with Gasteiger partial charge in [0.25, 0.3) is 11.5 Å². The maximum atomic E-state index is 12.7. The minimum atomic E-state index is -0.261. The molecule has 1 atom stereocenters. The van der Waals surface area contributed by atoms with E-state index in [0.29, 0.717) is 16.5 Å². The molecule has 3 rings (SSSR count). The van der Waals surface area contributed by atoms with Crippen LogP contribution in [0.4, 0.5) is 0 Å². The topological polar surface area (TPSA) is 69.0 Å². The van der Waals surface area contributed by atoms with Crippen LogP contribution in [0.3, 0.4) is 0 Å². The van der Waals surface area contributed by atoms with Crippen molar-refractivity contribution >= 4 is 40.4 Å². The van der Waals surface area contributed by atoms with Gasteiger partial charge in [0.2, 0.25) is 0 Å². The fourth-order valence-corrected chi connectivity index (χ4v) is 3.43. The number of hydrogen-bond donors (Lipinski definition) is 2. The number of carbonyl (C=O) groups excluding carboxylic acids is 1. The van der Waals surface area contributed by atoms with Crippen molar-refractivity contribution in [3.8, 4) is 0 Å². The van der Waals surface area contributed by atoms with Crippen molar-refractivity contribution in [3.63, 3.8) is 0 Å². The molecule has 0 aliphatic rings. The fraction of sp³-hybridized carbons (Fsp3) is 0.188. The third-order valence-electron chi connectivity index (χ3n) is 3.84. The van der Waals surface area contributed by atoms with E-state index < -0.39 is 0 Å². The highest BCUT2D eigenvalue weighted by molar-refractivity contribution is 7.71. The van der Waals surface area contributed by atoms with Crippen LogP contribution in [-0.2, 0) is 0 Å². The van der Waals surface area contributed by atoms with E-state index in [-0.39, 0.29) is 22.3 Å². The second-order valence-corrected chi connectivity index (χ2v) is 6.66. The smallest absolute Gasteiger partial charge is 0.259 e. The van der Waals surface area contributed by atoms with Crippen molar-refractivity contribution < 1.29 is 4.79 Å². The summed E-state index contributed by atoms with van der Waals surface area (Å²) in [6.07, 6.45) is 0. The highest BCUT2D eigenvalue weighted by atomic mass is 32.1. The molecule has 0 bridgehead atoms. The van der Waals surface area contributed by atoms with Gasteiger partial charge in [-0.1, -0.05) is 6.07 Å². The van der Waals surface area contributed by atoms with E-state index in [2.05, 4.69) is 9.97 Å². The summed E-state index contributed by atoms with van der Waals surface area (Å²) in [4.78, 5) is 32.8. The lowest BCUT2D eigenvalue weighted by molar-refractivity contribution is 0.0745. The van der Waals surface area contributed by atoms with E-state index >= 15 is 0 Å². The Bertz CT molecular complexity index is 973. The van der Waals surface area contributed by atoms with Crippen LogP contribution in [0.2, 0.25) is 0 Å². The summed E-state index contributed by atoms with van der Waals surface area (Å²) >= 11 is 6.60. The van der Waals surface area contributed by atoms with Gasteiger partial charge in [-0.05, 0) is 48.8 Å². The normalized spacial score (nSPS) is 12.3. The summed E-state index contributed by atoms with van der Waals surface area (Å²) in [6, 6.07) is 8.93. The Morgan fingerprint density at radius 2 is 2.09 bits per heavy atom. The number of hydrogen-bond acceptors (Lipinski definition) is 4. The van der Waals surface area contributed by atoms with Gasteiger partial charge in [0.15, 0.2) is 4.77 Å². The number of thiophene rings is 1. The van der Waals surface area contributed by atoms with Crippen molar-refractivity contribution in [2.24, 2.45) is 0 Å². The summed E-state index contributed by atoms with van der Waals surface area (Å²) < 4.78 is 0.243. The summed E-state index contributed by atoms with van der Waals surface area (Å²) in [5, 5.41) is 2.47. The van der Waals surface area contributed by atoms with Gasteiger partial charge in [0.1, 0.15) is 0 Å².